The number of hydrazone groups is 1. The lowest BCUT2D eigenvalue weighted by atomic mass is 10.2. The number of methoxy groups -OCH3 is 1. The molecular formula is C14H14N2O4S. The van der Waals surface area contributed by atoms with E-state index in [1.54, 1.807) is 36.4 Å². The smallest absolute Gasteiger partial charge is 0.276 e. The van der Waals surface area contributed by atoms with Gasteiger partial charge in [-0.25, -0.2) is 4.83 Å². The van der Waals surface area contributed by atoms with E-state index in [1.807, 2.05) is 0 Å². The largest absolute Gasteiger partial charge is 0.504 e. The maximum atomic E-state index is 11.9. The molecule has 0 unspecified atom stereocenters. The van der Waals surface area contributed by atoms with Crippen molar-refractivity contribution in [1.82, 2.24) is 4.83 Å². The van der Waals surface area contributed by atoms with Crippen LogP contribution in [0.25, 0.3) is 0 Å². The molecule has 0 heterocycles. The predicted octanol–water partition coefficient (Wildman–Crippen LogP) is 1.71. The summed E-state index contributed by atoms with van der Waals surface area (Å²) in [6.45, 7) is 0. The fourth-order valence-electron chi connectivity index (χ4n) is 1.63. The minimum Gasteiger partial charge on any atom is -0.504 e. The first-order valence-electron chi connectivity index (χ1n) is 6.00. The molecular weight excluding hydrogens is 292 g/mol. The van der Waals surface area contributed by atoms with Crippen LogP contribution >= 0.6 is 0 Å². The highest BCUT2D eigenvalue weighted by atomic mass is 32.2. The minimum atomic E-state index is -3.72. The Balaban J connectivity index is 2.17. The predicted molar refractivity (Wildman–Crippen MR) is 79.0 cm³/mol. The lowest BCUT2D eigenvalue weighted by Gasteiger charge is -2.05. The van der Waals surface area contributed by atoms with Gasteiger partial charge in [0.2, 0.25) is 0 Å². The van der Waals surface area contributed by atoms with E-state index in [1.165, 1.54) is 25.5 Å². The standard InChI is InChI=1S/C14H14N2O4S/c1-20-13-9-5-6-11(14(13)17)10-15-16-21(18,19)12-7-3-2-4-8-12/h2-10,16-17H,1H3/b15-10+. The van der Waals surface area contributed by atoms with Crippen molar-refractivity contribution in [2.24, 2.45) is 5.10 Å². The van der Waals surface area contributed by atoms with E-state index in [2.05, 4.69) is 9.93 Å². The molecule has 0 bridgehead atoms. The number of para-hydroxylation sites is 1. The van der Waals surface area contributed by atoms with Gasteiger partial charge in [0.05, 0.1) is 18.2 Å². The third-order valence-corrected chi connectivity index (χ3v) is 3.92. The summed E-state index contributed by atoms with van der Waals surface area (Å²) in [6, 6.07) is 12.7. The monoisotopic (exact) mass is 306 g/mol. The number of benzene rings is 2. The van der Waals surface area contributed by atoms with Gasteiger partial charge >= 0.3 is 0 Å². The Bertz CT molecular complexity index is 743. The number of aromatic hydroxyl groups is 1. The van der Waals surface area contributed by atoms with Crippen LogP contribution in [-0.2, 0) is 10.0 Å². The van der Waals surface area contributed by atoms with Crippen LogP contribution in [-0.4, -0.2) is 26.8 Å². The molecule has 0 aliphatic heterocycles. The van der Waals surface area contributed by atoms with E-state index in [0.29, 0.717) is 5.56 Å². The summed E-state index contributed by atoms with van der Waals surface area (Å²) < 4.78 is 28.8. The first-order chi connectivity index (χ1) is 10.0. The molecule has 21 heavy (non-hydrogen) atoms. The third-order valence-electron chi connectivity index (χ3n) is 2.68. The molecule has 0 saturated heterocycles. The van der Waals surface area contributed by atoms with E-state index in [-0.39, 0.29) is 16.4 Å². The summed E-state index contributed by atoms with van der Waals surface area (Å²) in [5, 5.41) is 13.5. The average Bonchev–Trinajstić information content (AvgIpc) is 2.50. The van der Waals surface area contributed by atoms with E-state index in [0.717, 1.165) is 0 Å². The molecule has 2 aromatic carbocycles. The second-order valence-corrected chi connectivity index (χ2v) is 5.72. The van der Waals surface area contributed by atoms with E-state index in [9.17, 15) is 13.5 Å². The van der Waals surface area contributed by atoms with Crippen LogP contribution in [0.2, 0.25) is 0 Å². The zero-order chi connectivity index (χ0) is 15.3. The molecule has 0 aliphatic rings. The summed E-state index contributed by atoms with van der Waals surface area (Å²) in [7, 11) is -2.30. The fourth-order valence-corrected chi connectivity index (χ4v) is 2.44. The number of nitrogens with one attached hydrogen (secondary N) is 1. The van der Waals surface area contributed by atoms with Gasteiger partial charge < -0.3 is 9.84 Å². The number of sulfonamides is 1. The number of hydrogen-bond acceptors (Lipinski definition) is 5. The summed E-state index contributed by atoms with van der Waals surface area (Å²) in [5.74, 6) is 0.174. The SMILES string of the molecule is COc1cccc(/C=N/NS(=O)(=O)c2ccccc2)c1O. The Morgan fingerprint density at radius 1 is 1.14 bits per heavy atom. The van der Waals surface area contributed by atoms with Gasteiger partial charge in [-0.15, -0.1) is 0 Å². The van der Waals surface area contributed by atoms with Crippen molar-refractivity contribution >= 4 is 16.2 Å². The van der Waals surface area contributed by atoms with Crippen molar-refractivity contribution in [3.8, 4) is 11.5 Å². The molecule has 2 aromatic rings. The van der Waals surface area contributed by atoms with Gasteiger partial charge in [-0.3, -0.25) is 0 Å². The van der Waals surface area contributed by atoms with Gasteiger partial charge in [0.15, 0.2) is 11.5 Å². The van der Waals surface area contributed by atoms with Crippen LogP contribution in [0.15, 0.2) is 58.5 Å². The van der Waals surface area contributed by atoms with Crippen molar-refractivity contribution < 1.29 is 18.3 Å². The lowest BCUT2D eigenvalue weighted by Crippen LogP contribution is -2.18. The number of hydrogen-bond donors (Lipinski definition) is 2. The number of rotatable bonds is 5. The van der Waals surface area contributed by atoms with Gasteiger partial charge in [0.1, 0.15) is 0 Å². The molecule has 0 spiro atoms. The lowest BCUT2D eigenvalue weighted by molar-refractivity contribution is 0.373. The number of ether oxygens (including phenoxy) is 1. The van der Waals surface area contributed by atoms with Crippen LogP contribution in [0, 0.1) is 0 Å². The molecule has 6 nitrogen and oxygen atoms in total. The minimum absolute atomic E-state index is 0.108. The van der Waals surface area contributed by atoms with Gasteiger partial charge in [-0.2, -0.15) is 13.5 Å². The van der Waals surface area contributed by atoms with Gasteiger partial charge in [-0.1, -0.05) is 24.3 Å². The Hall–Kier alpha value is -2.54. The number of nitrogens with zero attached hydrogens (tertiary/aromatic N) is 1. The van der Waals surface area contributed by atoms with Crippen LogP contribution in [0.4, 0.5) is 0 Å². The molecule has 0 aromatic heterocycles. The first kappa shape index (κ1) is 14.9. The molecule has 0 fully saturated rings. The van der Waals surface area contributed by atoms with Gasteiger partial charge in [0.25, 0.3) is 10.0 Å². The molecule has 110 valence electrons. The molecule has 2 rings (SSSR count). The molecule has 0 amide bonds. The van der Waals surface area contributed by atoms with Gasteiger partial charge in [0, 0.05) is 5.56 Å². The Labute approximate surface area is 122 Å². The molecule has 0 radical (unpaired) electrons. The zero-order valence-corrected chi connectivity index (χ0v) is 12.0. The molecule has 0 aliphatic carbocycles. The summed E-state index contributed by atoms with van der Waals surface area (Å²) >= 11 is 0. The topological polar surface area (TPSA) is 88.0 Å². The first-order valence-corrected chi connectivity index (χ1v) is 7.49. The van der Waals surface area contributed by atoms with Gasteiger partial charge in [-0.05, 0) is 24.3 Å². The molecule has 2 N–H and O–H groups in total. The van der Waals surface area contributed by atoms with Crippen LogP contribution in [0.5, 0.6) is 11.5 Å². The third kappa shape index (κ3) is 3.51. The highest BCUT2D eigenvalue weighted by molar-refractivity contribution is 7.89. The van der Waals surface area contributed by atoms with E-state index in [4.69, 9.17) is 4.74 Å². The van der Waals surface area contributed by atoms with Crippen molar-refractivity contribution in [1.29, 1.82) is 0 Å². The number of phenols is 1. The van der Waals surface area contributed by atoms with Crippen molar-refractivity contribution in [2.75, 3.05) is 7.11 Å². The zero-order valence-electron chi connectivity index (χ0n) is 11.2. The summed E-state index contributed by atoms with van der Waals surface area (Å²) in [5.41, 5.74) is 0.338. The Morgan fingerprint density at radius 2 is 1.86 bits per heavy atom. The Kier molecular flexibility index (Phi) is 4.44. The summed E-state index contributed by atoms with van der Waals surface area (Å²) in [4.78, 5) is 2.19. The average molecular weight is 306 g/mol. The quantitative estimate of drug-likeness (QED) is 0.650. The highest BCUT2D eigenvalue weighted by Crippen LogP contribution is 2.27. The second kappa shape index (κ2) is 6.27. The number of phenolic OH excluding ortho intramolecular Hbond substituents is 1. The maximum absolute atomic E-state index is 11.9. The second-order valence-electron chi connectivity index (χ2n) is 4.06. The van der Waals surface area contributed by atoms with Crippen molar-refractivity contribution in [2.45, 2.75) is 4.90 Å². The van der Waals surface area contributed by atoms with Crippen molar-refractivity contribution in [3.63, 3.8) is 0 Å². The maximum Gasteiger partial charge on any atom is 0.276 e. The fraction of sp³-hybridized carbons (Fsp3) is 0.0714. The molecule has 0 atom stereocenters. The molecule has 0 saturated carbocycles. The van der Waals surface area contributed by atoms with Crippen LogP contribution in [0.3, 0.4) is 0 Å². The van der Waals surface area contributed by atoms with E-state index >= 15 is 0 Å². The van der Waals surface area contributed by atoms with Crippen molar-refractivity contribution in [3.05, 3.63) is 54.1 Å². The highest BCUT2D eigenvalue weighted by Gasteiger charge is 2.11. The van der Waals surface area contributed by atoms with Crippen LogP contribution in [0.1, 0.15) is 5.56 Å². The summed E-state index contributed by atoms with van der Waals surface area (Å²) in [6.07, 6.45) is 1.21. The Morgan fingerprint density at radius 3 is 2.52 bits per heavy atom. The molecule has 7 heteroatoms. The van der Waals surface area contributed by atoms with E-state index < -0.39 is 10.0 Å². The van der Waals surface area contributed by atoms with Crippen LogP contribution < -0.4 is 9.57 Å². The normalized spacial score (nSPS) is 11.5.